The van der Waals surface area contributed by atoms with Crippen LogP contribution in [0.2, 0.25) is 5.15 Å². The first-order chi connectivity index (χ1) is 8.85. The molecule has 2 rings (SSSR count). The van der Waals surface area contributed by atoms with Gasteiger partial charge in [0, 0.05) is 31.6 Å². The summed E-state index contributed by atoms with van der Waals surface area (Å²) >= 11 is 5.66. The number of rotatable bonds is 3. The summed E-state index contributed by atoms with van der Waals surface area (Å²) < 4.78 is 36.0. The minimum atomic E-state index is -4.28. The van der Waals surface area contributed by atoms with Gasteiger partial charge in [-0.25, -0.2) is 4.98 Å². The predicted octanol–water partition coefficient (Wildman–Crippen LogP) is 3.00. The number of hydrogen-bond donors (Lipinski definition) is 0. The number of nitrogens with zero attached hydrogens (tertiary/aromatic N) is 2. The maximum absolute atomic E-state index is 12.0. The summed E-state index contributed by atoms with van der Waals surface area (Å²) in [6.45, 7) is 0.889. The van der Waals surface area contributed by atoms with E-state index in [9.17, 15) is 18.0 Å². The Balaban J connectivity index is 1.79. The third-order valence-electron chi connectivity index (χ3n) is 3.08. The zero-order chi connectivity index (χ0) is 14.0. The lowest BCUT2D eigenvalue weighted by Gasteiger charge is -2.39. The zero-order valence-corrected chi connectivity index (χ0v) is 10.7. The van der Waals surface area contributed by atoms with Crippen LogP contribution in [0.1, 0.15) is 24.3 Å². The highest BCUT2D eigenvalue weighted by atomic mass is 35.5. The molecule has 7 heteroatoms. The van der Waals surface area contributed by atoms with Crippen LogP contribution >= 0.6 is 11.6 Å². The summed E-state index contributed by atoms with van der Waals surface area (Å²) in [6.07, 6.45) is -4.19. The van der Waals surface area contributed by atoms with Crippen LogP contribution in [0, 0.1) is 0 Å². The molecule has 1 aromatic heterocycles. The lowest BCUT2D eigenvalue weighted by molar-refractivity contribution is -0.151. The van der Waals surface area contributed by atoms with Crippen molar-refractivity contribution in [3.8, 4) is 0 Å². The summed E-state index contributed by atoms with van der Waals surface area (Å²) in [4.78, 5) is 16.9. The average molecular weight is 293 g/mol. The molecule has 1 aliphatic heterocycles. The lowest BCUT2D eigenvalue weighted by Crippen LogP contribution is -2.48. The topological polar surface area (TPSA) is 33.2 Å². The molecule has 0 N–H and O–H groups in total. The Labute approximate surface area is 113 Å². The molecule has 0 atom stereocenters. The molecule has 0 radical (unpaired) electrons. The Kier molecular flexibility index (Phi) is 3.99. The molecular formula is C12H12ClF3N2O. The Morgan fingerprint density at radius 2 is 2.11 bits per heavy atom. The van der Waals surface area contributed by atoms with Crippen molar-refractivity contribution in [2.75, 3.05) is 13.1 Å². The average Bonchev–Trinajstić information content (AvgIpc) is 2.26. The van der Waals surface area contributed by atoms with Crippen molar-refractivity contribution in [1.29, 1.82) is 0 Å². The van der Waals surface area contributed by atoms with Crippen molar-refractivity contribution < 1.29 is 18.0 Å². The minimum Gasteiger partial charge on any atom is -0.341 e. The number of amides is 1. The molecule has 1 amide bonds. The van der Waals surface area contributed by atoms with Crippen LogP contribution in [0.4, 0.5) is 13.2 Å². The van der Waals surface area contributed by atoms with Gasteiger partial charge in [0.1, 0.15) is 5.15 Å². The predicted molar refractivity (Wildman–Crippen MR) is 63.9 cm³/mol. The van der Waals surface area contributed by atoms with Crippen molar-refractivity contribution in [1.82, 2.24) is 9.88 Å². The van der Waals surface area contributed by atoms with Gasteiger partial charge in [0.05, 0.1) is 6.42 Å². The SMILES string of the molecule is O=C(CCC(F)(F)F)N1CC(c2ccc(Cl)nc2)C1. The number of carbonyl (C=O) groups excluding carboxylic acids is 1. The van der Waals surface area contributed by atoms with E-state index < -0.39 is 24.9 Å². The highest BCUT2D eigenvalue weighted by Crippen LogP contribution is 2.29. The molecule has 0 aromatic carbocycles. The fourth-order valence-electron chi connectivity index (χ4n) is 1.93. The van der Waals surface area contributed by atoms with Gasteiger partial charge < -0.3 is 4.90 Å². The molecule has 0 saturated carbocycles. The van der Waals surface area contributed by atoms with E-state index in [0.717, 1.165) is 5.56 Å². The first kappa shape index (κ1) is 14.1. The van der Waals surface area contributed by atoms with Gasteiger partial charge in [-0.2, -0.15) is 13.2 Å². The third kappa shape index (κ3) is 3.83. The zero-order valence-electron chi connectivity index (χ0n) is 9.95. The Bertz CT molecular complexity index is 455. The van der Waals surface area contributed by atoms with Crippen molar-refractivity contribution in [3.05, 3.63) is 29.0 Å². The molecule has 2 heterocycles. The van der Waals surface area contributed by atoms with Gasteiger partial charge in [-0.15, -0.1) is 0 Å². The van der Waals surface area contributed by atoms with Crippen molar-refractivity contribution in [3.63, 3.8) is 0 Å². The second kappa shape index (κ2) is 5.36. The lowest BCUT2D eigenvalue weighted by atomic mass is 9.92. The Morgan fingerprint density at radius 3 is 2.63 bits per heavy atom. The molecule has 0 bridgehead atoms. The van der Waals surface area contributed by atoms with Gasteiger partial charge in [-0.05, 0) is 11.6 Å². The quantitative estimate of drug-likeness (QED) is 0.803. The van der Waals surface area contributed by atoms with E-state index >= 15 is 0 Å². The summed E-state index contributed by atoms with van der Waals surface area (Å²) in [5, 5.41) is 0.390. The van der Waals surface area contributed by atoms with Gasteiger partial charge in [-0.3, -0.25) is 4.79 Å². The standard InChI is InChI=1S/C12H12ClF3N2O/c13-10-2-1-8(5-17-10)9-6-18(7-9)11(19)3-4-12(14,15)16/h1-2,5,9H,3-4,6-7H2. The van der Waals surface area contributed by atoms with Gasteiger partial charge in [-0.1, -0.05) is 17.7 Å². The van der Waals surface area contributed by atoms with E-state index in [-0.39, 0.29) is 5.92 Å². The fourth-order valence-corrected chi connectivity index (χ4v) is 2.04. The van der Waals surface area contributed by atoms with E-state index in [2.05, 4.69) is 4.98 Å². The maximum Gasteiger partial charge on any atom is 0.389 e. The number of halogens is 4. The highest BCUT2D eigenvalue weighted by Gasteiger charge is 2.34. The Morgan fingerprint density at radius 1 is 1.42 bits per heavy atom. The van der Waals surface area contributed by atoms with Crippen LogP contribution in [0.5, 0.6) is 0 Å². The van der Waals surface area contributed by atoms with E-state index in [1.165, 1.54) is 4.90 Å². The van der Waals surface area contributed by atoms with E-state index in [0.29, 0.717) is 18.2 Å². The van der Waals surface area contributed by atoms with E-state index in [4.69, 9.17) is 11.6 Å². The second-order valence-corrected chi connectivity index (χ2v) is 4.91. The summed E-state index contributed by atoms with van der Waals surface area (Å²) in [5.74, 6) is -0.310. The summed E-state index contributed by atoms with van der Waals surface area (Å²) in [5.41, 5.74) is 0.948. The fraction of sp³-hybridized carbons (Fsp3) is 0.500. The summed E-state index contributed by atoms with van der Waals surface area (Å²) in [6, 6.07) is 3.47. The molecule has 1 aromatic rings. The number of likely N-dealkylation sites (tertiary alicyclic amines) is 1. The van der Waals surface area contributed by atoms with Gasteiger partial charge in [0.25, 0.3) is 0 Å². The van der Waals surface area contributed by atoms with Crippen LogP contribution < -0.4 is 0 Å². The van der Waals surface area contributed by atoms with Crippen molar-refractivity contribution in [2.24, 2.45) is 0 Å². The second-order valence-electron chi connectivity index (χ2n) is 4.53. The molecule has 0 unspecified atom stereocenters. The maximum atomic E-state index is 12.0. The molecule has 104 valence electrons. The van der Waals surface area contributed by atoms with E-state index in [1.807, 2.05) is 6.07 Å². The molecule has 0 aliphatic carbocycles. The normalized spacial score (nSPS) is 16.3. The smallest absolute Gasteiger partial charge is 0.341 e. The molecule has 1 aliphatic rings. The first-order valence-electron chi connectivity index (χ1n) is 5.81. The molecule has 0 spiro atoms. The van der Waals surface area contributed by atoms with Gasteiger partial charge in [0.2, 0.25) is 5.91 Å². The third-order valence-corrected chi connectivity index (χ3v) is 3.30. The number of carbonyl (C=O) groups is 1. The van der Waals surface area contributed by atoms with Crippen molar-refractivity contribution in [2.45, 2.75) is 24.9 Å². The van der Waals surface area contributed by atoms with Crippen LogP contribution in [0.15, 0.2) is 18.3 Å². The Hall–Kier alpha value is -1.30. The molecule has 1 fully saturated rings. The number of hydrogen-bond acceptors (Lipinski definition) is 2. The molecule has 3 nitrogen and oxygen atoms in total. The van der Waals surface area contributed by atoms with Crippen LogP contribution in [0.25, 0.3) is 0 Å². The number of alkyl halides is 3. The monoisotopic (exact) mass is 292 g/mol. The van der Waals surface area contributed by atoms with Crippen molar-refractivity contribution >= 4 is 17.5 Å². The highest BCUT2D eigenvalue weighted by molar-refractivity contribution is 6.29. The van der Waals surface area contributed by atoms with Gasteiger partial charge >= 0.3 is 6.18 Å². The minimum absolute atomic E-state index is 0.139. The van der Waals surface area contributed by atoms with Crippen LogP contribution in [-0.4, -0.2) is 35.1 Å². The van der Waals surface area contributed by atoms with Crippen LogP contribution in [-0.2, 0) is 4.79 Å². The number of pyridine rings is 1. The van der Waals surface area contributed by atoms with Crippen LogP contribution in [0.3, 0.4) is 0 Å². The largest absolute Gasteiger partial charge is 0.389 e. The first-order valence-corrected chi connectivity index (χ1v) is 6.19. The number of aromatic nitrogens is 1. The molecular weight excluding hydrogens is 281 g/mol. The molecule has 19 heavy (non-hydrogen) atoms. The van der Waals surface area contributed by atoms with Gasteiger partial charge in [0.15, 0.2) is 0 Å². The summed E-state index contributed by atoms with van der Waals surface area (Å²) in [7, 11) is 0. The van der Waals surface area contributed by atoms with E-state index in [1.54, 1.807) is 12.3 Å². The molecule has 1 saturated heterocycles.